The van der Waals surface area contributed by atoms with E-state index in [1.807, 2.05) is 17.5 Å². The molecule has 1 atom stereocenters. The molecule has 0 amide bonds. The van der Waals surface area contributed by atoms with Crippen LogP contribution in [0.3, 0.4) is 0 Å². The average molecular weight is 254 g/mol. The fourth-order valence-corrected chi connectivity index (χ4v) is 2.48. The first-order valence-corrected chi connectivity index (χ1v) is 5.96. The van der Waals surface area contributed by atoms with Crippen molar-refractivity contribution in [2.75, 3.05) is 0 Å². The third kappa shape index (κ3) is 2.36. The lowest BCUT2D eigenvalue weighted by molar-refractivity contribution is 0.540. The summed E-state index contributed by atoms with van der Waals surface area (Å²) in [7, 11) is 0. The number of thiophene rings is 1. The van der Waals surface area contributed by atoms with Crippen LogP contribution in [-0.4, -0.2) is 0 Å². The van der Waals surface area contributed by atoms with E-state index >= 15 is 0 Å². The van der Waals surface area contributed by atoms with Crippen molar-refractivity contribution in [1.82, 2.24) is 5.43 Å². The van der Waals surface area contributed by atoms with Gasteiger partial charge in [0, 0.05) is 16.5 Å². The van der Waals surface area contributed by atoms with Gasteiger partial charge in [-0.1, -0.05) is 6.07 Å². The van der Waals surface area contributed by atoms with Gasteiger partial charge in [-0.2, -0.15) is 0 Å². The highest BCUT2D eigenvalue weighted by molar-refractivity contribution is 7.10. The second kappa shape index (κ2) is 4.91. The van der Waals surface area contributed by atoms with Crippen LogP contribution >= 0.6 is 11.3 Å². The first-order valence-electron chi connectivity index (χ1n) is 5.08. The van der Waals surface area contributed by atoms with Crippen LogP contribution in [0.25, 0.3) is 0 Å². The van der Waals surface area contributed by atoms with Crippen molar-refractivity contribution in [3.05, 3.63) is 57.3 Å². The standard InChI is InChI=1S/C12H12F2N2S/c1-7-5-8(10(14)6-9(7)13)12(16-15)11-3-2-4-17-11/h2-6,12,16H,15H2,1H3. The molecule has 2 rings (SSSR count). The largest absolute Gasteiger partial charge is 0.271 e. The Hall–Kier alpha value is -1.30. The fourth-order valence-electron chi connectivity index (χ4n) is 1.68. The van der Waals surface area contributed by atoms with Crippen molar-refractivity contribution in [3.8, 4) is 0 Å². The Labute approximate surface area is 102 Å². The molecule has 90 valence electrons. The van der Waals surface area contributed by atoms with Gasteiger partial charge in [0.25, 0.3) is 0 Å². The van der Waals surface area contributed by atoms with Crippen LogP contribution in [0.4, 0.5) is 8.78 Å². The lowest BCUT2D eigenvalue weighted by Gasteiger charge is -2.16. The average Bonchev–Trinajstić information content (AvgIpc) is 2.80. The fraction of sp³-hybridized carbons (Fsp3) is 0.167. The summed E-state index contributed by atoms with van der Waals surface area (Å²) in [5.41, 5.74) is 3.31. The number of hydrogen-bond donors (Lipinski definition) is 2. The van der Waals surface area contributed by atoms with Gasteiger partial charge in [0.2, 0.25) is 0 Å². The normalized spacial score (nSPS) is 12.7. The smallest absolute Gasteiger partial charge is 0.131 e. The Morgan fingerprint density at radius 2 is 2.06 bits per heavy atom. The zero-order valence-corrected chi connectivity index (χ0v) is 10.0. The molecular weight excluding hydrogens is 242 g/mol. The summed E-state index contributed by atoms with van der Waals surface area (Å²) in [5.74, 6) is 4.31. The number of nitrogens with two attached hydrogens (primary N) is 1. The summed E-state index contributed by atoms with van der Waals surface area (Å²) >= 11 is 1.47. The maximum absolute atomic E-state index is 13.7. The third-order valence-corrected chi connectivity index (χ3v) is 3.52. The number of rotatable bonds is 3. The van der Waals surface area contributed by atoms with Gasteiger partial charge in [0.15, 0.2) is 0 Å². The highest BCUT2D eigenvalue weighted by Crippen LogP contribution is 2.28. The third-order valence-electron chi connectivity index (χ3n) is 2.58. The zero-order chi connectivity index (χ0) is 12.4. The maximum Gasteiger partial charge on any atom is 0.131 e. The van der Waals surface area contributed by atoms with E-state index in [1.165, 1.54) is 17.4 Å². The molecule has 3 N–H and O–H groups in total. The van der Waals surface area contributed by atoms with Crippen molar-refractivity contribution >= 4 is 11.3 Å². The topological polar surface area (TPSA) is 38.0 Å². The van der Waals surface area contributed by atoms with Crippen LogP contribution in [0.15, 0.2) is 29.6 Å². The van der Waals surface area contributed by atoms with E-state index in [0.29, 0.717) is 11.1 Å². The van der Waals surface area contributed by atoms with E-state index in [-0.39, 0.29) is 0 Å². The molecule has 1 aromatic heterocycles. The minimum atomic E-state index is -0.593. The number of halogens is 2. The summed E-state index contributed by atoms with van der Waals surface area (Å²) in [4.78, 5) is 0.886. The predicted octanol–water partition coefficient (Wildman–Crippen LogP) is 2.89. The SMILES string of the molecule is Cc1cc(C(NN)c2cccs2)c(F)cc1F. The van der Waals surface area contributed by atoms with Gasteiger partial charge in [-0.15, -0.1) is 11.3 Å². The van der Waals surface area contributed by atoms with Crippen molar-refractivity contribution in [1.29, 1.82) is 0 Å². The quantitative estimate of drug-likeness (QED) is 0.653. The second-order valence-corrected chi connectivity index (χ2v) is 4.72. The summed E-state index contributed by atoms with van der Waals surface area (Å²) in [6.07, 6.45) is 0. The molecule has 17 heavy (non-hydrogen) atoms. The summed E-state index contributed by atoms with van der Waals surface area (Å²) in [6.45, 7) is 1.60. The summed E-state index contributed by atoms with van der Waals surface area (Å²) in [6, 6.07) is 5.64. The molecule has 0 bridgehead atoms. The molecule has 0 aliphatic heterocycles. The molecular formula is C12H12F2N2S. The number of benzene rings is 1. The van der Waals surface area contributed by atoms with Gasteiger partial charge in [0.05, 0.1) is 6.04 Å². The van der Waals surface area contributed by atoms with Crippen LogP contribution in [0.2, 0.25) is 0 Å². The van der Waals surface area contributed by atoms with Gasteiger partial charge in [-0.25, -0.2) is 14.2 Å². The van der Waals surface area contributed by atoms with Crippen LogP contribution in [0, 0.1) is 18.6 Å². The molecule has 0 fully saturated rings. The molecule has 0 aliphatic rings. The molecule has 0 saturated heterocycles. The summed E-state index contributed by atoms with van der Waals surface area (Å²) < 4.78 is 26.9. The minimum Gasteiger partial charge on any atom is -0.271 e. The van der Waals surface area contributed by atoms with E-state index in [0.717, 1.165) is 10.9 Å². The molecule has 1 aromatic carbocycles. The van der Waals surface area contributed by atoms with Gasteiger partial charge in [-0.05, 0) is 30.0 Å². The van der Waals surface area contributed by atoms with E-state index in [2.05, 4.69) is 5.43 Å². The Kier molecular flexibility index (Phi) is 3.51. The number of hydrogen-bond acceptors (Lipinski definition) is 3. The van der Waals surface area contributed by atoms with Crippen LogP contribution in [-0.2, 0) is 0 Å². The van der Waals surface area contributed by atoms with Crippen molar-refractivity contribution in [3.63, 3.8) is 0 Å². The molecule has 2 aromatic rings. The first kappa shape index (κ1) is 12.2. The van der Waals surface area contributed by atoms with E-state index in [9.17, 15) is 8.78 Å². The molecule has 0 radical (unpaired) electrons. The first-order chi connectivity index (χ1) is 8.13. The van der Waals surface area contributed by atoms with Gasteiger partial charge >= 0.3 is 0 Å². The molecule has 0 spiro atoms. The molecule has 5 heteroatoms. The van der Waals surface area contributed by atoms with E-state index in [4.69, 9.17) is 5.84 Å². The van der Waals surface area contributed by atoms with Gasteiger partial charge in [-0.3, -0.25) is 5.84 Å². The Morgan fingerprint density at radius 1 is 1.29 bits per heavy atom. The Balaban J connectivity index is 2.48. The Morgan fingerprint density at radius 3 is 2.65 bits per heavy atom. The van der Waals surface area contributed by atoms with E-state index < -0.39 is 17.7 Å². The summed E-state index contributed by atoms with van der Waals surface area (Å²) in [5, 5.41) is 1.88. The number of hydrazine groups is 1. The highest BCUT2D eigenvalue weighted by atomic mass is 32.1. The van der Waals surface area contributed by atoms with Crippen molar-refractivity contribution < 1.29 is 8.78 Å². The lowest BCUT2D eigenvalue weighted by Crippen LogP contribution is -2.29. The number of aryl methyl sites for hydroxylation is 1. The minimum absolute atomic E-state index is 0.355. The van der Waals surface area contributed by atoms with Gasteiger partial charge < -0.3 is 0 Å². The Bertz CT molecular complexity index is 511. The maximum atomic E-state index is 13.7. The molecule has 1 unspecified atom stereocenters. The predicted molar refractivity (Wildman–Crippen MR) is 64.6 cm³/mol. The van der Waals surface area contributed by atoms with Crippen LogP contribution in [0.1, 0.15) is 22.0 Å². The molecule has 1 heterocycles. The van der Waals surface area contributed by atoms with Crippen LogP contribution < -0.4 is 11.3 Å². The molecule has 0 saturated carbocycles. The van der Waals surface area contributed by atoms with E-state index in [1.54, 1.807) is 6.92 Å². The molecule has 0 aliphatic carbocycles. The van der Waals surface area contributed by atoms with Crippen LogP contribution in [0.5, 0.6) is 0 Å². The second-order valence-electron chi connectivity index (χ2n) is 3.74. The van der Waals surface area contributed by atoms with Crippen molar-refractivity contribution in [2.24, 2.45) is 5.84 Å². The van der Waals surface area contributed by atoms with Gasteiger partial charge in [0.1, 0.15) is 11.6 Å². The monoisotopic (exact) mass is 254 g/mol. The lowest BCUT2D eigenvalue weighted by atomic mass is 10.0. The van der Waals surface area contributed by atoms with Crippen molar-refractivity contribution in [2.45, 2.75) is 13.0 Å². The zero-order valence-electron chi connectivity index (χ0n) is 9.21. The molecule has 2 nitrogen and oxygen atoms in total. The highest BCUT2D eigenvalue weighted by Gasteiger charge is 2.19. The number of nitrogens with one attached hydrogen (secondary N) is 1.